The van der Waals surface area contributed by atoms with E-state index in [4.69, 9.17) is 11.6 Å². The molecule has 0 saturated carbocycles. The number of aliphatic imine (C=N–C) groups is 1. The third-order valence-corrected chi connectivity index (χ3v) is 5.36. The van der Waals surface area contributed by atoms with E-state index in [1.807, 2.05) is 18.2 Å². The lowest BCUT2D eigenvalue weighted by Gasteiger charge is -2.35. The van der Waals surface area contributed by atoms with Gasteiger partial charge in [0.15, 0.2) is 5.96 Å². The van der Waals surface area contributed by atoms with Crippen molar-refractivity contribution in [2.75, 3.05) is 57.2 Å². The van der Waals surface area contributed by atoms with Crippen molar-refractivity contribution in [1.82, 2.24) is 15.5 Å². The molecule has 0 bridgehead atoms. The summed E-state index contributed by atoms with van der Waals surface area (Å²) in [5, 5.41) is 7.61. The van der Waals surface area contributed by atoms with Crippen molar-refractivity contribution < 1.29 is 4.79 Å². The Bertz CT molecular complexity index is 647. The van der Waals surface area contributed by atoms with Gasteiger partial charge in [-0.1, -0.05) is 23.7 Å². The van der Waals surface area contributed by atoms with Gasteiger partial charge in [-0.3, -0.25) is 4.79 Å². The van der Waals surface area contributed by atoms with Crippen molar-refractivity contribution in [2.24, 2.45) is 4.99 Å². The fraction of sp³-hybridized carbons (Fsp3) is 0.579. The van der Waals surface area contributed by atoms with Gasteiger partial charge < -0.3 is 20.4 Å². The zero-order valence-electron chi connectivity index (χ0n) is 16.8. The van der Waals surface area contributed by atoms with Crippen LogP contribution < -0.4 is 15.5 Å². The molecule has 0 spiro atoms. The molecular weight excluding hydrogens is 509 g/mol. The van der Waals surface area contributed by atoms with E-state index in [1.54, 1.807) is 30.8 Å². The van der Waals surface area contributed by atoms with Gasteiger partial charge in [0, 0.05) is 45.5 Å². The van der Waals surface area contributed by atoms with Crippen molar-refractivity contribution in [3.05, 3.63) is 29.3 Å². The number of thioether (sulfide) groups is 1. The summed E-state index contributed by atoms with van der Waals surface area (Å²) in [6.45, 7) is 2.80. The molecule has 1 atom stereocenters. The first-order valence-corrected chi connectivity index (χ1v) is 11.0. The van der Waals surface area contributed by atoms with Crippen LogP contribution in [0.25, 0.3) is 0 Å². The molecule has 1 aliphatic rings. The average Bonchev–Trinajstić information content (AvgIpc) is 2.66. The number of para-hydroxylation sites is 1. The van der Waals surface area contributed by atoms with Crippen molar-refractivity contribution >= 4 is 64.9 Å². The minimum absolute atomic E-state index is 0. The molecule has 1 saturated heterocycles. The van der Waals surface area contributed by atoms with E-state index < -0.39 is 0 Å². The predicted molar refractivity (Wildman–Crippen MR) is 133 cm³/mol. The Morgan fingerprint density at radius 3 is 2.82 bits per heavy atom. The van der Waals surface area contributed by atoms with Crippen LogP contribution in [0.3, 0.4) is 0 Å². The SMILES string of the molecule is CSCCNC(=NCC(=O)N(C)C)NC1CCCN(c2ccccc2Cl)C1.I. The molecule has 9 heteroatoms. The van der Waals surface area contributed by atoms with E-state index >= 15 is 0 Å². The molecular formula is C19H31ClIN5OS. The van der Waals surface area contributed by atoms with Crippen molar-refractivity contribution in [3.8, 4) is 0 Å². The number of carbonyl (C=O) groups is 1. The number of carbonyl (C=O) groups excluding carboxylic acids is 1. The molecule has 28 heavy (non-hydrogen) atoms. The molecule has 1 heterocycles. The van der Waals surface area contributed by atoms with Crippen molar-refractivity contribution in [3.63, 3.8) is 0 Å². The van der Waals surface area contributed by atoms with Gasteiger partial charge in [0.05, 0.1) is 10.7 Å². The Morgan fingerprint density at radius 1 is 1.39 bits per heavy atom. The third-order valence-electron chi connectivity index (χ3n) is 4.43. The van der Waals surface area contributed by atoms with Gasteiger partial charge >= 0.3 is 0 Å². The number of nitrogens with zero attached hydrogens (tertiary/aromatic N) is 3. The molecule has 2 N–H and O–H groups in total. The standard InChI is InChI=1S/C19H30ClN5OS.HI/c1-24(2)18(26)13-22-19(21-10-12-27-3)23-15-7-6-11-25(14-15)17-9-5-4-8-16(17)20;/h4-5,8-9,15H,6-7,10-14H2,1-3H3,(H2,21,22,23);1H. The lowest BCUT2D eigenvalue weighted by atomic mass is 10.0. The van der Waals surface area contributed by atoms with Gasteiger partial charge in [-0.15, -0.1) is 24.0 Å². The summed E-state index contributed by atoms with van der Waals surface area (Å²) in [5.41, 5.74) is 1.07. The number of hydrogen-bond donors (Lipinski definition) is 2. The lowest BCUT2D eigenvalue weighted by Crippen LogP contribution is -2.51. The molecule has 0 aromatic heterocycles. The van der Waals surface area contributed by atoms with Gasteiger partial charge in [0.1, 0.15) is 6.54 Å². The summed E-state index contributed by atoms with van der Waals surface area (Å²) < 4.78 is 0. The molecule has 158 valence electrons. The number of nitrogens with one attached hydrogen (secondary N) is 2. The molecule has 0 radical (unpaired) electrons. The number of piperidine rings is 1. The van der Waals surface area contributed by atoms with Crippen LogP contribution in [0.15, 0.2) is 29.3 Å². The number of halogens is 2. The maximum absolute atomic E-state index is 11.9. The van der Waals surface area contributed by atoms with E-state index in [-0.39, 0.29) is 42.5 Å². The van der Waals surface area contributed by atoms with Crippen LogP contribution in [0, 0.1) is 0 Å². The first-order valence-electron chi connectivity index (χ1n) is 9.24. The molecule has 1 fully saturated rings. The second-order valence-electron chi connectivity index (χ2n) is 6.75. The Labute approximate surface area is 194 Å². The Balaban J connectivity index is 0.00000392. The van der Waals surface area contributed by atoms with Crippen LogP contribution in [0.1, 0.15) is 12.8 Å². The molecule has 0 aliphatic carbocycles. The zero-order chi connectivity index (χ0) is 19.6. The summed E-state index contributed by atoms with van der Waals surface area (Å²) in [4.78, 5) is 20.2. The number of guanidine groups is 1. The van der Waals surface area contributed by atoms with Crippen LogP contribution in [0.2, 0.25) is 5.02 Å². The Kier molecular flexibility index (Phi) is 12.0. The van der Waals surface area contributed by atoms with Gasteiger partial charge in [-0.25, -0.2) is 4.99 Å². The molecule has 1 aliphatic heterocycles. The number of rotatable bonds is 7. The molecule has 1 aromatic rings. The molecule has 1 amide bonds. The van der Waals surface area contributed by atoms with E-state index in [0.29, 0.717) is 5.96 Å². The topological polar surface area (TPSA) is 60.0 Å². The van der Waals surface area contributed by atoms with E-state index in [0.717, 1.165) is 48.9 Å². The largest absolute Gasteiger partial charge is 0.368 e. The predicted octanol–water partition coefficient (Wildman–Crippen LogP) is 2.91. The quantitative estimate of drug-likeness (QED) is 0.242. The van der Waals surface area contributed by atoms with Crippen molar-refractivity contribution in [2.45, 2.75) is 18.9 Å². The Hall–Kier alpha value is -0.870. The average molecular weight is 540 g/mol. The summed E-state index contributed by atoms with van der Waals surface area (Å²) in [5.74, 6) is 1.67. The summed E-state index contributed by atoms with van der Waals surface area (Å²) in [6, 6.07) is 8.21. The first-order chi connectivity index (χ1) is 13.0. The van der Waals surface area contributed by atoms with Gasteiger partial charge in [-0.2, -0.15) is 11.8 Å². The number of benzene rings is 1. The van der Waals surface area contributed by atoms with Gasteiger partial charge in [0.2, 0.25) is 5.91 Å². The fourth-order valence-corrected chi connectivity index (χ4v) is 3.49. The highest BCUT2D eigenvalue weighted by Gasteiger charge is 2.22. The van der Waals surface area contributed by atoms with Gasteiger partial charge in [0.25, 0.3) is 0 Å². The minimum Gasteiger partial charge on any atom is -0.368 e. The zero-order valence-corrected chi connectivity index (χ0v) is 20.7. The van der Waals surface area contributed by atoms with Crippen molar-refractivity contribution in [1.29, 1.82) is 0 Å². The van der Waals surface area contributed by atoms with Crippen LogP contribution in [0.5, 0.6) is 0 Å². The number of hydrogen-bond acceptors (Lipinski definition) is 4. The summed E-state index contributed by atoms with van der Waals surface area (Å²) in [7, 11) is 3.49. The molecule has 6 nitrogen and oxygen atoms in total. The molecule has 2 rings (SSSR count). The maximum atomic E-state index is 11.9. The monoisotopic (exact) mass is 539 g/mol. The highest BCUT2D eigenvalue weighted by molar-refractivity contribution is 14.0. The number of anilines is 1. The highest BCUT2D eigenvalue weighted by Crippen LogP contribution is 2.27. The number of amides is 1. The van der Waals surface area contributed by atoms with E-state index in [9.17, 15) is 4.79 Å². The van der Waals surface area contributed by atoms with Gasteiger partial charge in [-0.05, 0) is 31.2 Å². The van der Waals surface area contributed by atoms with E-state index in [2.05, 4.69) is 32.8 Å². The van der Waals surface area contributed by atoms with E-state index in [1.165, 1.54) is 0 Å². The normalized spacial score (nSPS) is 16.9. The molecule has 1 unspecified atom stereocenters. The van der Waals surface area contributed by atoms with Crippen LogP contribution in [-0.4, -0.2) is 75.1 Å². The second kappa shape index (κ2) is 13.4. The Morgan fingerprint density at radius 2 is 2.14 bits per heavy atom. The lowest BCUT2D eigenvalue weighted by molar-refractivity contribution is -0.127. The van der Waals surface area contributed by atoms with Crippen LogP contribution in [0.4, 0.5) is 5.69 Å². The summed E-state index contributed by atoms with van der Waals surface area (Å²) >= 11 is 8.14. The first kappa shape index (κ1) is 25.2. The van der Waals surface area contributed by atoms with Crippen LogP contribution in [-0.2, 0) is 4.79 Å². The maximum Gasteiger partial charge on any atom is 0.243 e. The van der Waals surface area contributed by atoms with Crippen LogP contribution >= 0.6 is 47.3 Å². The summed E-state index contributed by atoms with van der Waals surface area (Å²) in [6.07, 6.45) is 4.22. The minimum atomic E-state index is -0.0118. The fourth-order valence-electron chi connectivity index (χ4n) is 2.93. The smallest absolute Gasteiger partial charge is 0.243 e. The second-order valence-corrected chi connectivity index (χ2v) is 8.15. The third kappa shape index (κ3) is 8.24. The number of likely N-dealkylation sites (N-methyl/N-ethyl adjacent to an activating group) is 1. The highest BCUT2D eigenvalue weighted by atomic mass is 127. The molecule has 1 aromatic carbocycles.